The van der Waals surface area contributed by atoms with Crippen LogP contribution in [0.4, 0.5) is 5.69 Å². The fraction of sp³-hybridized carbons (Fsp3) is 0.400. The molecule has 1 saturated heterocycles. The predicted octanol–water partition coefficient (Wildman–Crippen LogP) is -0.273. The normalized spacial score (nSPS) is 15.7. The molecule has 1 heterocycles. The highest BCUT2D eigenvalue weighted by Crippen LogP contribution is 2.07. The van der Waals surface area contributed by atoms with Crippen LogP contribution in [-0.4, -0.2) is 49.2 Å². The fourth-order valence-electron chi connectivity index (χ4n) is 2.14. The van der Waals surface area contributed by atoms with E-state index >= 15 is 0 Å². The second-order valence-electron chi connectivity index (χ2n) is 5.14. The van der Waals surface area contributed by atoms with Crippen LogP contribution in [0.5, 0.6) is 0 Å². The second-order valence-corrected chi connectivity index (χ2v) is 6.36. The lowest BCUT2D eigenvalue weighted by molar-refractivity contribution is -0.888. The van der Waals surface area contributed by atoms with E-state index in [-0.39, 0.29) is 11.8 Å². The Balaban J connectivity index is 1.76. The van der Waals surface area contributed by atoms with Crippen LogP contribution in [-0.2, 0) is 9.59 Å². The minimum absolute atomic E-state index is 0.0620. The van der Waals surface area contributed by atoms with Crippen molar-refractivity contribution in [3.8, 4) is 0 Å². The Bertz CT molecular complexity index is 539. The molecule has 0 bridgehead atoms. The van der Waals surface area contributed by atoms with E-state index in [0.717, 1.165) is 35.8 Å². The van der Waals surface area contributed by atoms with E-state index in [1.807, 2.05) is 23.9 Å². The van der Waals surface area contributed by atoms with Crippen LogP contribution in [0.25, 0.3) is 0 Å². The number of quaternary nitrogens is 1. The third-order valence-corrected chi connectivity index (χ3v) is 4.23. The van der Waals surface area contributed by atoms with Crippen LogP contribution in [0.3, 0.4) is 0 Å². The number of amides is 2. The molecule has 2 amide bonds. The molecule has 0 unspecified atom stereocenters. The van der Waals surface area contributed by atoms with E-state index in [1.165, 1.54) is 11.8 Å². The molecule has 1 fully saturated rings. The average Bonchev–Trinajstić information content (AvgIpc) is 2.49. The second kappa shape index (κ2) is 8.55. The molecule has 0 aliphatic carbocycles. The molecule has 0 aromatic heterocycles. The van der Waals surface area contributed by atoms with Crippen LogP contribution < -0.4 is 15.6 Å². The lowest BCUT2D eigenvalue weighted by Gasteiger charge is -2.21. The average molecular weight is 321 g/mol. The molecule has 0 saturated carbocycles. The zero-order chi connectivity index (χ0) is 15.8. The molecule has 1 aromatic rings. The summed E-state index contributed by atoms with van der Waals surface area (Å²) in [6.45, 7) is 4.01. The zero-order valence-electron chi connectivity index (χ0n) is 12.6. The van der Waals surface area contributed by atoms with Gasteiger partial charge in [0.05, 0.1) is 19.3 Å². The molecule has 118 valence electrons. The lowest BCUT2D eigenvalue weighted by Crippen LogP contribution is -3.14. The van der Waals surface area contributed by atoms with E-state index in [0.29, 0.717) is 6.54 Å². The molecule has 2 rings (SSSR count). The Morgan fingerprint density at radius 3 is 2.59 bits per heavy atom. The van der Waals surface area contributed by atoms with E-state index in [9.17, 15) is 9.59 Å². The Labute approximate surface area is 134 Å². The summed E-state index contributed by atoms with van der Waals surface area (Å²) in [6.07, 6.45) is 1.59. The number of nitrogens with one attached hydrogen (secondary N) is 3. The summed E-state index contributed by atoms with van der Waals surface area (Å²) in [5.41, 5.74) is 4.15. The summed E-state index contributed by atoms with van der Waals surface area (Å²) in [5, 5.41) is 6.66. The highest BCUT2D eigenvalue weighted by molar-refractivity contribution is 7.99. The van der Waals surface area contributed by atoms with Gasteiger partial charge in [0.25, 0.3) is 5.91 Å². The van der Waals surface area contributed by atoms with Crippen molar-refractivity contribution >= 4 is 35.5 Å². The van der Waals surface area contributed by atoms with Gasteiger partial charge in [-0.15, -0.1) is 0 Å². The number of hydrazone groups is 1. The topological polar surface area (TPSA) is 75.0 Å². The Kier molecular flexibility index (Phi) is 6.42. The molecular formula is C15H21N4O2S+. The molecule has 0 radical (unpaired) electrons. The number of thioether (sulfide) groups is 1. The summed E-state index contributed by atoms with van der Waals surface area (Å²) in [7, 11) is 0. The van der Waals surface area contributed by atoms with Crippen LogP contribution in [0, 0.1) is 0 Å². The highest BCUT2D eigenvalue weighted by Gasteiger charge is 2.16. The zero-order valence-corrected chi connectivity index (χ0v) is 13.4. The van der Waals surface area contributed by atoms with Crippen molar-refractivity contribution in [2.24, 2.45) is 5.10 Å². The first kappa shape index (κ1) is 16.5. The number of carbonyl (C=O) groups excluding carboxylic acids is 2. The third-order valence-electron chi connectivity index (χ3n) is 3.24. The largest absolute Gasteiger partial charge is 0.326 e. The van der Waals surface area contributed by atoms with Crippen molar-refractivity contribution in [2.45, 2.75) is 6.92 Å². The van der Waals surface area contributed by atoms with Gasteiger partial charge in [-0.05, 0) is 17.7 Å². The van der Waals surface area contributed by atoms with Crippen molar-refractivity contribution in [3.05, 3.63) is 29.8 Å². The van der Waals surface area contributed by atoms with Gasteiger partial charge in [0.15, 0.2) is 6.54 Å². The van der Waals surface area contributed by atoms with Crippen molar-refractivity contribution < 1.29 is 14.5 Å². The van der Waals surface area contributed by atoms with Gasteiger partial charge in [-0.3, -0.25) is 9.59 Å². The maximum atomic E-state index is 11.8. The monoisotopic (exact) mass is 321 g/mol. The van der Waals surface area contributed by atoms with Crippen molar-refractivity contribution in [1.29, 1.82) is 0 Å². The minimum Gasteiger partial charge on any atom is -0.326 e. The maximum absolute atomic E-state index is 11.8. The SMILES string of the molecule is CC(=O)Nc1ccc(/C=N\NC(=O)C[NH+]2CCSCC2)cc1. The highest BCUT2D eigenvalue weighted by atomic mass is 32.2. The number of carbonyl (C=O) groups is 2. The molecule has 0 atom stereocenters. The van der Waals surface area contributed by atoms with Gasteiger partial charge < -0.3 is 10.2 Å². The standard InChI is InChI=1S/C15H20N4O2S/c1-12(20)17-14-4-2-13(3-5-14)10-16-18-15(21)11-19-6-8-22-9-7-19/h2-5,10H,6-9,11H2,1H3,(H,17,20)(H,18,21)/p+1/b16-10-. The predicted molar refractivity (Wildman–Crippen MR) is 89.4 cm³/mol. The number of hydrogen-bond acceptors (Lipinski definition) is 4. The van der Waals surface area contributed by atoms with Gasteiger partial charge in [-0.2, -0.15) is 16.9 Å². The molecule has 1 aromatic carbocycles. The van der Waals surface area contributed by atoms with Gasteiger partial charge in [0, 0.05) is 24.1 Å². The molecule has 1 aliphatic rings. The van der Waals surface area contributed by atoms with Crippen LogP contribution in [0.2, 0.25) is 0 Å². The number of anilines is 1. The van der Waals surface area contributed by atoms with Crippen molar-refractivity contribution in [3.63, 3.8) is 0 Å². The van der Waals surface area contributed by atoms with Crippen LogP contribution >= 0.6 is 11.8 Å². The summed E-state index contributed by atoms with van der Waals surface area (Å²) >= 11 is 1.94. The molecule has 6 nitrogen and oxygen atoms in total. The van der Waals surface area contributed by atoms with Gasteiger partial charge >= 0.3 is 0 Å². The Morgan fingerprint density at radius 2 is 1.95 bits per heavy atom. The van der Waals surface area contributed by atoms with E-state index in [2.05, 4.69) is 15.8 Å². The van der Waals surface area contributed by atoms with Gasteiger partial charge in [-0.1, -0.05) is 12.1 Å². The van der Waals surface area contributed by atoms with Gasteiger partial charge in [0.2, 0.25) is 5.91 Å². The summed E-state index contributed by atoms with van der Waals surface area (Å²) < 4.78 is 0. The van der Waals surface area contributed by atoms with Gasteiger partial charge in [-0.25, -0.2) is 5.43 Å². The van der Waals surface area contributed by atoms with E-state index in [1.54, 1.807) is 18.3 Å². The summed E-state index contributed by atoms with van der Waals surface area (Å²) in [6, 6.07) is 7.24. The van der Waals surface area contributed by atoms with E-state index in [4.69, 9.17) is 0 Å². The number of nitrogens with zero attached hydrogens (tertiary/aromatic N) is 1. The van der Waals surface area contributed by atoms with Crippen molar-refractivity contribution in [2.75, 3.05) is 36.5 Å². The molecule has 7 heteroatoms. The van der Waals surface area contributed by atoms with Gasteiger partial charge in [0.1, 0.15) is 0 Å². The van der Waals surface area contributed by atoms with E-state index < -0.39 is 0 Å². The maximum Gasteiger partial charge on any atom is 0.295 e. The summed E-state index contributed by atoms with van der Waals surface area (Å²) in [4.78, 5) is 24.0. The van der Waals surface area contributed by atoms with Crippen LogP contribution in [0.1, 0.15) is 12.5 Å². The molecule has 0 spiro atoms. The molecule has 3 N–H and O–H groups in total. The molecule has 22 heavy (non-hydrogen) atoms. The first-order valence-electron chi connectivity index (χ1n) is 7.24. The van der Waals surface area contributed by atoms with Crippen LogP contribution in [0.15, 0.2) is 29.4 Å². The fourth-order valence-corrected chi connectivity index (χ4v) is 3.21. The number of benzene rings is 1. The lowest BCUT2D eigenvalue weighted by atomic mass is 10.2. The van der Waals surface area contributed by atoms with Crippen molar-refractivity contribution in [1.82, 2.24) is 5.43 Å². The smallest absolute Gasteiger partial charge is 0.295 e. The Morgan fingerprint density at radius 1 is 1.27 bits per heavy atom. The quantitative estimate of drug-likeness (QED) is 0.516. The molecule has 1 aliphatic heterocycles. The number of rotatable bonds is 5. The summed E-state index contributed by atoms with van der Waals surface area (Å²) in [5.74, 6) is 2.07. The molecular weight excluding hydrogens is 300 g/mol. The number of hydrogen-bond donors (Lipinski definition) is 3. The minimum atomic E-state index is -0.104. The third kappa shape index (κ3) is 5.87. The Hall–Kier alpha value is -1.86. The first-order valence-corrected chi connectivity index (χ1v) is 8.40. The first-order chi connectivity index (χ1) is 10.6.